The van der Waals surface area contributed by atoms with Gasteiger partial charge in [0.1, 0.15) is 10.9 Å². The first-order valence-electron chi connectivity index (χ1n) is 5.31. The average molecular weight is 241 g/mol. The van der Waals surface area contributed by atoms with Crippen molar-refractivity contribution in [2.24, 2.45) is 0 Å². The Morgan fingerprint density at radius 1 is 1.38 bits per heavy atom. The van der Waals surface area contributed by atoms with Gasteiger partial charge in [0.15, 0.2) is 11.1 Å². The minimum absolute atomic E-state index is 0.146. The molecule has 0 aromatic heterocycles. The molecule has 1 aliphatic heterocycles. The van der Waals surface area contributed by atoms with E-state index in [2.05, 4.69) is 20.8 Å². The summed E-state index contributed by atoms with van der Waals surface area (Å²) in [6.45, 7) is 6.18. The van der Waals surface area contributed by atoms with Gasteiger partial charge in [-0.25, -0.2) is 4.89 Å². The maximum absolute atomic E-state index is 10.8. The first-order chi connectivity index (χ1) is 7.38. The van der Waals surface area contributed by atoms with Crippen LogP contribution >= 0.6 is 7.49 Å². The maximum atomic E-state index is 10.8. The summed E-state index contributed by atoms with van der Waals surface area (Å²) in [6.07, 6.45) is 0.416. The molecule has 4 heteroatoms. The molecule has 1 aromatic carbocycles. The summed E-state index contributed by atoms with van der Waals surface area (Å²) in [5.41, 5.74) is 0. The number of methoxy groups -OCH3 is 1. The fourth-order valence-electron chi connectivity index (χ4n) is 1.83. The van der Waals surface area contributed by atoms with E-state index in [1.165, 1.54) is 0 Å². The van der Waals surface area contributed by atoms with Crippen molar-refractivity contribution in [1.29, 1.82) is 0 Å². The molecule has 88 valence electrons. The number of fused-ring (bicyclic) bond motifs is 1. The standard InChI is InChI=1S/C12H18O3P/c1-12(2,3)16(13)8-15-10-7-9(14-4)5-6-11(10)16/h5-7,13H,8H2,1-4H3/q+1. The lowest BCUT2D eigenvalue weighted by atomic mass is 10.3. The Bertz CT molecular complexity index is 411. The summed E-state index contributed by atoms with van der Waals surface area (Å²) in [7, 11) is -0.575. The molecule has 0 aliphatic carbocycles. The Hall–Kier alpha value is -0.790. The molecule has 16 heavy (non-hydrogen) atoms. The topological polar surface area (TPSA) is 38.7 Å². The molecule has 0 bridgehead atoms. The smallest absolute Gasteiger partial charge is 0.228 e. The van der Waals surface area contributed by atoms with Gasteiger partial charge in [-0.05, 0) is 32.9 Å². The highest BCUT2D eigenvalue weighted by Gasteiger charge is 2.57. The monoisotopic (exact) mass is 241 g/mol. The zero-order valence-electron chi connectivity index (χ0n) is 10.2. The van der Waals surface area contributed by atoms with Crippen molar-refractivity contribution in [2.45, 2.75) is 25.9 Å². The zero-order valence-corrected chi connectivity index (χ0v) is 11.0. The summed E-state index contributed by atoms with van der Waals surface area (Å²) in [6, 6.07) is 5.66. The molecule has 0 spiro atoms. The van der Waals surface area contributed by atoms with E-state index in [0.29, 0.717) is 6.35 Å². The Morgan fingerprint density at radius 2 is 2.06 bits per heavy atom. The van der Waals surface area contributed by atoms with E-state index in [1.807, 2.05) is 18.2 Å². The number of hydrogen-bond donors (Lipinski definition) is 1. The molecule has 1 atom stereocenters. The van der Waals surface area contributed by atoms with Gasteiger partial charge in [-0.3, -0.25) is 0 Å². The molecule has 1 N–H and O–H groups in total. The van der Waals surface area contributed by atoms with Gasteiger partial charge in [-0.15, -0.1) is 0 Å². The highest BCUT2D eigenvalue weighted by Crippen LogP contribution is 2.68. The van der Waals surface area contributed by atoms with E-state index < -0.39 is 7.49 Å². The van der Waals surface area contributed by atoms with Gasteiger partial charge in [-0.2, -0.15) is 0 Å². The number of benzene rings is 1. The third kappa shape index (κ3) is 1.59. The molecule has 2 rings (SSSR count). The second kappa shape index (κ2) is 3.61. The van der Waals surface area contributed by atoms with Crippen molar-refractivity contribution in [3.63, 3.8) is 0 Å². The van der Waals surface area contributed by atoms with Gasteiger partial charge in [0.05, 0.1) is 7.11 Å². The predicted octanol–water partition coefficient (Wildman–Crippen LogP) is 2.39. The summed E-state index contributed by atoms with van der Waals surface area (Å²) in [5.74, 6) is 1.53. The SMILES string of the molecule is COc1ccc2c(c1)OC[P+]2(O)C(C)(C)C. The fourth-order valence-corrected chi connectivity index (χ4v) is 4.22. The Labute approximate surface area is 96.8 Å². The van der Waals surface area contributed by atoms with Crippen LogP contribution in [0.2, 0.25) is 0 Å². The molecule has 0 saturated carbocycles. The van der Waals surface area contributed by atoms with Crippen LogP contribution in [-0.4, -0.2) is 23.5 Å². The predicted molar refractivity (Wildman–Crippen MR) is 67.0 cm³/mol. The first kappa shape index (κ1) is 11.7. The molecule has 0 fully saturated rings. The molecule has 1 heterocycles. The van der Waals surface area contributed by atoms with E-state index in [0.717, 1.165) is 16.8 Å². The van der Waals surface area contributed by atoms with Crippen LogP contribution in [0.1, 0.15) is 20.8 Å². The van der Waals surface area contributed by atoms with Crippen LogP contribution in [0.25, 0.3) is 0 Å². The van der Waals surface area contributed by atoms with E-state index >= 15 is 0 Å². The van der Waals surface area contributed by atoms with Crippen molar-refractivity contribution < 1.29 is 14.4 Å². The fraction of sp³-hybridized carbons (Fsp3) is 0.500. The Kier molecular flexibility index (Phi) is 2.64. The van der Waals surface area contributed by atoms with Crippen LogP contribution in [0.5, 0.6) is 11.5 Å². The van der Waals surface area contributed by atoms with Crippen molar-refractivity contribution in [3.8, 4) is 11.5 Å². The van der Waals surface area contributed by atoms with Crippen LogP contribution in [0, 0.1) is 0 Å². The molecule has 1 aliphatic rings. The summed E-state index contributed by atoms with van der Waals surface area (Å²) in [4.78, 5) is 10.8. The molecule has 0 saturated heterocycles. The molecule has 1 unspecified atom stereocenters. The lowest BCUT2D eigenvalue weighted by Crippen LogP contribution is -2.27. The van der Waals surface area contributed by atoms with Gasteiger partial charge in [-0.1, -0.05) is 0 Å². The summed E-state index contributed by atoms with van der Waals surface area (Å²) >= 11 is 0. The molecular weight excluding hydrogens is 223 g/mol. The highest BCUT2D eigenvalue weighted by atomic mass is 31.2. The van der Waals surface area contributed by atoms with Crippen LogP contribution in [-0.2, 0) is 0 Å². The summed E-state index contributed by atoms with van der Waals surface area (Å²) in [5, 5.41) is 0.813. The van der Waals surface area contributed by atoms with E-state index in [-0.39, 0.29) is 5.16 Å². The molecule has 0 radical (unpaired) electrons. The molecule has 3 nitrogen and oxygen atoms in total. The minimum atomic E-state index is -2.20. The van der Waals surface area contributed by atoms with Crippen LogP contribution in [0.15, 0.2) is 18.2 Å². The summed E-state index contributed by atoms with van der Waals surface area (Å²) < 4.78 is 10.7. The number of rotatable bonds is 1. The third-order valence-electron chi connectivity index (χ3n) is 3.08. The molecular formula is C12H18O3P+. The highest BCUT2D eigenvalue weighted by molar-refractivity contribution is 7.79. The van der Waals surface area contributed by atoms with Gasteiger partial charge in [0.25, 0.3) is 0 Å². The quantitative estimate of drug-likeness (QED) is 0.767. The average Bonchev–Trinajstić information content (AvgIpc) is 2.56. The van der Waals surface area contributed by atoms with Crippen molar-refractivity contribution >= 4 is 12.8 Å². The van der Waals surface area contributed by atoms with E-state index in [9.17, 15) is 4.89 Å². The largest absolute Gasteiger partial charge is 0.497 e. The van der Waals surface area contributed by atoms with Crippen molar-refractivity contribution in [3.05, 3.63) is 18.2 Å². The Morgan fingerprint density at radius 3 is 2.62 bits per heavy atom. The normalized spacial score (nSPS) is 23.8. The second-order valence-corrected chi connectivity index (χ2v) is 8.67. The van der Waals surface area contributed by atoms with Gasteiger partial charge in [0.2, 0.25) is 13.8 Å². The van der Waals surface area contributed by atoms with Gasteiger partial charge >= 0.3 is 0 Å². The van der Waals surface area contributed by atoms with Gasteiger partial charge in [0, 0.05) is 6.07 Å². The number of hydrogen-bond acceptors (Lipinski definition) is 3. The van der Waals surface area contributed by atoms with E-state index in [4.69, 9.17) is 9.47 Å². The van der Waals surface area contributed by atoms with Crippen molar-refractivity contribution in [1.82, 2.24) is 0 Å². The third-order valence-corrected chi connectivity index (χ3v) is 6.97. The first-order valence-corrected chi connectivity index (χ1v) is 7.23. The lowest BCUT2D eigenvalue weighted by Gasteiger charge is -2.26. The van der Waals surface area contributed by atoms with Gasteiger partial charge < -0.3 is 9.47 Å². The van der Waals surface area contributed by atoms with Crippen LogP contribution in [0.4, 0.5) is 0 Å². The number of ether oxygens (including phenoxy) is 2. The Balaban J connectivity index is 2.48. The maximum Gasteiger partial charge on any atom is 0.228 e. The van der Waals surface area contributed by atoms with E-state index in [1.54, 1.807) is 7.11 Å². The van der Waals surface area contributed by atoms with Crippen LogP contribution in [0.3, 0.4) is 0 Å². The van der Waals surface area contributed by atoms with Crippen molar-refractivity contribution in [2.75, 3.05) is 13.5 Å². The minimum Gasteiger partial charge on any atom is -0.497 e. The zero-order chi connectivity index (χ0) is 12.0. The van der Waals surface area contributed by atoms with Crippen LogP contribution < -0.4 is 14.8 Å². The second-order valence-electron chi connectivity index (χ2n) is 5.05. The molecule has 0 amide bonds. The molecule has 1 aromatic rings. The lowest BCUT2D eigenvalue weighted by molar-refractivity contribution is 0.375.